The summed E-state index contributed by atoms with van der Waals surface area (Å²) in [6.45, 7) is 1.29. The summed E-state index contributed by atoms with van der Waals surface area (Å²) in [6, 6.07) is 10.5. The van der Waals surface area contributed by atoms with Gasteiger partial charge in [-0.25, -0.2) is 5.43 Å². The molecule has 4 rings (SSSR count). The summed E-state index contributed by atoms with van der Waals surface area (Å²) in [5.74, 6) is 2.11. The third-order valence-corrected chi connectivity index (χ3v) is 5.06. The number of rotatable bonds is 5. The first-order chi connectivity index (χ1) is 13.6. The SMILES string of the molecule is COc1cccc(OC)c1/C=N/NC(=O)c1ccc2c(c1)OCC1(CC1)CO2. The van der Waals surface area contributed by atoms with Gasteiger partial charge in [0.25, 0.3) is 5.91 Å². The van der Waals surface area contributed by atoms with Gasteiger partial charge in [-0.05, 0) is 43.2 Å². The number of hydrazone groups is 1. The number of hydrogen-bond acceptors (Lipinski definition) is 6. The number of fused-ring (bicyclic) bond motifs is 1. The Morgan fingerprint density at radius 3 is 2.39 bits per heavy atom. The van der Waals surface area contributed by atoms with E-state index in [0.29, 0.717) is 47.3 Å². The van der Waals surface area contributed by atoms with Gasteiger partial charge in [-0.1, -0.05) is 6.07 Å². The van der Waals surface area contributed by atoms with E-state index in [1.54, 1.807) is 44.6 Å². The monoisotopic (exact) mass is 382 g/mol. The van der Waals surface area contributed by atoms with E-state index in [1.165, 1.54) is 6.21 Å². The highest BCUT2D eigenvalue weighted by Crippen LogP contribution is 2.49. The molecular formula is C21H22N2O5. The molecule has 1 aliphatic carbocycles. The van der Waals surface area contributed by atoms with E-state index in [-0.39, 0.29) is 11.3 Å². The van der Waals surface area contributed by atoms with Crippen molar-refractivity contribution in [2.45, 2.75) is 12.8 Å². The molecule has 146 valence electrons. The second-order valence-corrected chi connectivity index (χ2v) is 7.01. The molecule has 28 heavy (non-hydrogen) atoms. The van der Waals surface area contributed by atoms with Gasteiger partial charge in [0.05, 0.1) is 39.2 Å². The first-order valence-corrected chi connectivity index (χ1v) is 9.08. The average Bonchev–Trinajstić information content (AvgIpc) is 3.53. The molecule has 1 amide bonds. The molecule has 1 spiro atoms. The molecule has 1 fully saturated rings. The largest absolute Gasteiger partial charge is 0.496 e. The van der Waals surface area contributed by atoms with Crippen LogP contribution in [-0.4, -0.2) is 39.6 Å². The van der Waals surface area contributed by atoms with Crippen LogP contribution in [-0.2, 0) is 0 Å². The Kier molecular flexibility index (Phi) is 4.81. The lowest BCUT2D eigenvalue weighted by Crippen LogP contribution is -2.18. The molecule has 0 aromatic heterocycles. The van der Waals surface area contributed by atoms with Crippen molar-refractivity contribution in [1.82, 2.24) is 5.43 Å². The maximum Gasteiger partial charge on any atom is 0.271 e. The van der Waals surface area contributed by atoms with Crippen molar-refractivity contribution in [3.8, 4) is 23.0 Å². The van der Waals surface area contributed by atoms with Crippen molar-refractivity contribution in [2.24, 2.45) is 10.5 Å². The smallest absolute Gasteiger partial charge is 0.271 e. The number of hydrogen-bond donors (Lipinski definition) is 1. The number of carbonyl (C=O) groups excluding carboxylic acids is 1. The van der Waals surface area contributed by atoms with Crippen molar-refractivity contribution in [3.05, 3.63) is 47.5 Å². The molecule has 0 unspecified atom stereocenters. The highest BCUT2D eigenvalue weighted by atomic mass is 16.5. The predicted molar refractivity (Wildman–Crippen MR) is 104 cm³/mol. The molecule has 7 heteroatoms. The highest BCUT2D eigenvalue weighted by Gasteiger charge is 2.46. The molecule has 0 bridgehead atoms. The summed E-state index contributed by atoms with van der Waals surface area (Å²) in [5.41, 5.74) is 3.76. The van der Waals surface area contributed by atoms with Gasteiger partial charge >= 0.3 is 0 Å². The zero-order valence-electron chi connectivity index (χ0n) is 15.9. The third kappa shape index (κ3) is 3.60. The zero-order chi connectivity index (χ0) is 19.6. The summed E-state index contributed by atoms with van der Waals surface area (Å²) in [6.07, 6.45) is 3.74. The Balaban J connectivity index is 1.46. The molecule has 1 aliphatic heterocycles. The summed E-state index contributed by atoms with van der Waals surface area (Å²) < 4.78 is 22.3. The zero-order valence-corrected chi connectivity index (χ0v) is 15.9. The van der Waals surface area contributed by atoms with Crippen LogP contribution in [0.3, 0.4) is 0 Å². The number of nitrogens with zero attached hydrogens (tertiary/aromatic N) is 1. The summed E-state index contributed by atoms with van der Waals surface area (Å²) >= 11 is 0. The minimum atomic E-state index is -0.345. The molecule has 2 aromatic carbocycles. The van der Waals surface area contributed by atoms with Crippen LogP contribution in [0.4, 0.5) is 0 Å². The lowest BCUT2D eigenvalue weighted by atomic mass is 10.1. The minimum absolute atomic E-state index is 0.152. The van der Waals surface area contributed by atoms with Crippen LogP contribution >= 0.6 is 0 Å². The second-order valence-electron chi connectivity index (χ2n) is 7.01. The topological polar surface area (TPSA) is 78.4 Å². The minimum Gasteiger partial charge on any atom is -0.496 e. The fraction of sp³-hybridized carbons (Fsp3) is 0.333. The van der Waals surface area contributed by atoms with Gasteiger partial charge in [0.1, 0.15) is 11.5 Å². The fourth-order valence-corrected chi connectivity index (χ4v) is 3.08. The quantitative estimate of drug-likeness (QED) is 0.635. The summed E-state index contributed by atoms with van der Waals surface area (Å²) in [5, 5.41) is 4.04. The van der Waals surface area contributed by atoms with Gasteiger partial charge in [-0.15, -0.1) is 0 Å². The molecule has 7 nitrogen and oxygen atoms in total. The Morgan fingerprint density at radius 2 is 1.75 bits per heavy atom. The van der Waals surface area contributed by atoms with Crippen LogP contribution in [0.2, 0.25) is 0 Å². The van der Waals surface area contributed by atoms with Crippen LogP contribution in [0.25, 0.3) is 0 Å². The fourth-order valence-electron chi connectivity index (χ4n) is 3.08. The van der Waals surface area contributed by atoms with Crippen molar-refractivity contribution in [2.75, 3.05) is 27.4 Å². The number of amides is 1. The van der Waals surface area contributed by atoms with E-state index in [1.807, 2.05) is 6.07 Å². The molecule has 0 saturated heterocycles. The van der Waals surface area contributed by atoms with Crippen molar-refractivity contribution >= 4 is 12.1 Å². The number of ether oxygens (including phenoxy) is 4. The van der Waals surface area contributed by atoms with Crippen LogP contribution in [0.5, 0.6) is 23.0 Å². The summed E-state index contributed by atoms with van der Waals surface area (Å²) in [4.78, 5) is 12.5. The van der Waals surface area contributed by atoms with E-state index in [2.05, 4.69) is 10.5 Å². The highest BCUT2D eigenvalue weighted by molar-refractivity contribution is 5.96. The van der Waals surface area contributed by atoms with Crippen LogP contribution in [0.15, 0.2) is 41.5 Å². The van der Waals surface area contributed by atoms with Gasteiger partial charge in [-0.3, -0.25) is 4.79 Å². The normalized spacial score (nSPS) is 16.5. The molecular weight excluding hydrogens is 360 g/mol. The van der Waals surface area contributed by atoms with Crippen LogP contribution < -0.4 is 24.4 Å². The lowest BCUT2D eigenvalue weighted by Gasteiger charge is -2.10. The lowest BCUT2D eigenvalue weighted by molar-refractivity contribution is 0.0954. The molecule has 1 saturated carbocycles. The molecule has 2 aliphatic rings. The molecule has 1 N–H and O–H groups in total. The van der Waals surface area contributed by atoms with Crippen LogP contribution in [0, 0.1) is 5.41 Å². The number of nitrogens with one attached hydrogen (secondary N) is 1. The number of methoxy groups -OCH3 is 2. The number of benzene rings is 2. The Bertz CT molecular complexity index is 899. The Morgan fingerprint density at radius 1 is 1.07 bits per heavy atom. The van der Waals surface area contributed by atoms with Gasteiger partial charge in [0.2, 0.25) is 0 Å². The molecule has 1 heterocycles. The van der Waals surface area contributed by atoms with E-state index in [0.717, 1.165) is 12.8 Å². The number of carbonyl (C=O) groups is 1. The van der Waals surface area contributed by atoms with Crippen molar-refractivity contribution in [3.63, 3.8) is 0 Å². The molecule has 2 aromatic rings. The average molecular weight is 382 g/mol. The van der Waals surface area contributed by atoms with E-state index < -0.39 is 0 Å². The predicted octanol–water partition coefficient (Wildman–Crippen LogP) is 3.02. The standard InChI is InChI=1S/C21H22N2O5/c1-25-16-4-3-5-17(26-2)15(16)11-22-23-20(24)14-6-7-18-19(10-14)28-13-21(8-9-21)12-27-18/h3-7,10-11H,8-9,12-13H2,1-2H3,(H,23,24)/b22-11+. The van der Waals surface area contributed by atoms with E-state index in [9.17, 15) is 4.79 Å². The van der Waals surface area contributed by atoms with E-state index in [4.69, 9.17) is 18.9 Å². The second kappa shape index (κ2) is 7.42. The van der Waals surface area contributed by atoms with Gasteiger partial charge in [-0.2, -0.15) is 5.10 Å². The van der Waals surface area contributed by atoms with Crippen molar-refractivity contribution < 1.29 is 23.7 Å². The first kappa shape index (κ1) is 18.2. The van der Waals surface area contributed by atoms with Crippen molar-refractivity contribution in [1.29, 1.82) is 0 Å². The Labute approximate surface area is 163 Å². The maximum absolute atomic E-state index is 12.5. The van der Waals surface area contributed by atoms with Gasteiger partial charge in [0.15, 0.2) is 11.5 Å². The van der Waals surface area contributed by atoms with Crippen LogP contribution in [0.1, 0.15) is 28.8 Å². The Hall–Kier alpha value is -3.22. The maximum atomic E-state index is 12.5. The van der Waals surface area contributed by atoms with E-state index >= 15 is 0 Å². The molecule has 0 atom stereocenters. The molecule has 0 radical (unpaired) electrons. The van der Waals surface area contributed by atoms with Gasteiger partial charge in [0, 0.05) is 11.0 Å². The first-order valence-electron chi connectivity index (χ1n) is 9.08. The van der Waals surface area contributed by atoms with Gasteiger partial charge < -0.3 is 18.9 Å². The summed E-state index contributed by atoms with van der Waals surface area (Å²) in [7, 11) is 3.13. The third-order valence-electron chi connectivity index (χ3n) is 5.06.